The highest BCUT2D eigenvalue weighted by atomic mass is 79.9. The van der Waals surface area contributed by atoms with E-state index in [-0.39, 0.29) is 4.47 Å². The third-order valence-corrected chi connectivity index (χ3v) is 3.79. The first-order valence-electron chi connectivity index (χ1n) is 6.10. The van der Waals surface area contributed by atoms with Crippen molar-refractivity contribution in [3.63, 3.8) is 0 Å². The highest BCUT2D eigenvalue weighted by Crippen LogP contribution is 2.32. The second kappa shape index (κ2) is 5.46. The summed E-state index contributed by atoms with van der Waals surface area (Å²) < 4.78 is 28.1. The third kappa shape index (κ3) is 2.41. The Labute approximate surface area is 127 Å². The Balaban J connectivity index is 2.22. The SMILES string of the molecule is OC(c1c(F)ccc(Br)c1F)c1cccc2nccnc12. The summed E-state index contributed by atoms with van der Waals surface area (Å²) in [7, 11) is 0. The standard InChI is InChI=1S/C15H9BrF2N2O/c16-9-4-5-10(17)12(13(9)18)15(21)8-2-1-3-11-14(8)20-7-6-19-11/h1-7,15,21H. The van der Waals surface area contributed by atoms with E-state index < -0.39 is 23.3 Å². The van der Waals surface area contributed by atoms with Gasteiger partial charge >= 0.3 is 0 Å². The predicted octanol–water partition coefficient (Wildman–Crippen LogP) is 3.75. The number of para-hydroxylation sites is 1. The fourth-order valence-corrected chi connectivity index (χ4v) is 2.53. The van der Waals surface area contributed by atoms with E-state index >= 15 is 0 Å². The Hall–Kier alpha value is -1.92. The lowest BCUT2D eigenvalue weighted by Gasteiger charge is -2.15. The van der Waals surface area contributed by atoms with Crippen molar-refractivity contribution in [3.8, 4) is 0 Å². The van der Waals surface area contributed by atoms with Crippen LogP contribution < -0.4 is 0 Å². The van der Waals surface area contributed by atoms with Crippen LogP contribution in [0.3, 0.4) is 0 Å². The monoisotopic (exact) mass is 350 g/mol. The number of benzene rings is 2. The molecule has 0 saturated heterocycles. The van der Waals surface area contributed by atoms with Crippen molar-refractivity contribution in [3.05, 3.63) is 70.0 Å². The zero-order chi connectivity index (χ0) is 15.0. The lowest BCUT2D eigenvalue weighted by Crippen LogP contribution is -2.07. The minimum Gasteiger partial charge on any atom is -0.383 e. The van der Waals surface area contributed by atoms with Gasteiger partial charge in [0.25, 0.3) is 0 Å². The van der Waals surface area contributed by atoms with Crippen LogP contribution in [0.5, 0.6) is 0 Å². The van der Waals surface area contributed by atoms with E-state index in [1.807, 2.05) is 0 Å². The molecule has 0 aliphatic rings. The van der Waals surface area contributed by atoms with Gasteiger partial charge in [-0.15, -0.1) is 0 Å². The Kier molecular flexibility index (Phi) is 3.65. The fourth-order valence-electron chi connectivity index (χ4n) is 2.18. The van der Waals surface area contributed by atoms with E-state index in [0.717, 1.165) is 6.07 Å². The van der Waals surface area contributed by atoms with Gasteiger partial charge in [-0.25, -0.2) is 8.78 Å². The number of hydrogen-bond acceptors (Lipinski definition) is 3. The molecule has 1 aromatic heterocycles. The second-order valence-electron chi connectivity index (χ2n) is 4.43. The molecule has 0 radical (unpaired) electrons. The highest BCUT2D eigenvalue weighted by Gasteiger charge is 2.23. The minimum absolute atomic E-state index is 0.0873. The summed E-state index contributed by atoms with van der Waals surface area (Å²) in [6.45, 7) is 0. The maximum atomic E-state index is 14.1. The first kappa shape index (κ1) is 14.0. The Bertz CT molecular complexity index is 821. The first-order chi connectivity index (χ1) is 10.1. The Morgan fingerprint density at radius 2 is 1.81 bits per heavy atom. The molecule has 1 N–H and O–H groups in total. The van der Waals surface area contributed by atoms with E-state index in [9.17, 15) is 13.9 Å². The summed E-state index contributed by atoms with van der Waals surface area (Å²) in [6.07, 6.45) is 1.51. The number of aromatic nitrogens is 2. The van der Waals surface area contributed by atoms with Crippen LogP contribution in [0, 0.1) is 11.6 Å². The van der Waals surface area contributed by atoms with Crippen LogP contribution in [-0.4, -0.2) is 15.1 Å². The average Bonchev–Trinajstić information content (AvgIpc) is 2.50. The molecule has 3 nitrogen and oxygen atoms in total. The smallest absolute Gasteiger partial charge is 0.146 e. The van der Waals surface area contributed by atoms with E-state index in [1.165, 1.54) is 18.5 Å². The molecule has 2 aromatic carbocycles. The molecule has 106 valence electrons. The van der Waals surface area contributed by atoms with Crippen molar-refractivity contribution in [2.45, 2.75) is 6.10 Å². The van der Waals surface area contributed by atoms with Crippen LogP contribution in [0.15, 0.2) is 47.2 Å². The van der Waals surface area contributed by atoms with Crippen molar-refractivity contribution in [2.24, 2.45) is 0 Å². The molecule has 0 bridgehead atoms. The fraction of sp³-hybridized carbons (Fsp3) is 0.0667. The molecule has 0 fully saturated rings. The topological polar surface area (TPSA) is 46.0 Å². The van der Waals surface area contributed by atoms with Gasteiger partial charge in [0, 0.05) is 18.0 Å². The van der Waals surface area contributed by atoms with Crippen molar-refractivity contribution in [1.29, 1.82) is 0 Å². The highest BCUT2D eigenvalue weighted by molar-refractivity contribution is 9.10. The molecule has 0 aliphatic heterocycles. The first-order valence-corrected chi connectivity index (χ1v) is 6.90. The quantitative estimate of drug-likeness (QED) is 0.716. The van der Waals surface area contributed by atoms with Gasteiger partial charge in [-0.1, -0.05) is 12.1 Å². The van der Waals surface area contributed by atoms with E-state index in [1.54, 1.807) is 18.2 Å². The van der Waals surface area contributed by atoms with Crippen LogP contribution in [0.1, 0.15) is 17.2 Å². The number of nitrogens with zero attached hydrogens (tertiary/aromatic N) is 2. The zero-order valence-electron chi connectivity index (χ0n) is 10.6. The van der Waals surface area contributed by atoms with Crippen LogP contribution in [0.4, 0.5) is 8.78 Å². The zero-order valence-corrected chi connectivity index (χ0v) is 12.2. The summed E-state index contributed by atoms with van der Waals surface area (Å²) in [5, 5.41) is 10.4. The molecular formula is C15H9BrF2N2O. The number of rotatable bonds is 2. The average molecular weight is 351 g/mol. The van der Waals surface area contributed by atoms with Crippen molar-refractivity contribution in [1.82, 2.24) is 9.97 Å². The normalized spacial score (nSPS) is 12.6. The number of aliphatic hydroxyl groups excluding tert-OH is 1. The summed E-state index contributed by atoms with van der Waals surface area (Å²) in [5.74, 6) is -1.65. The van der Waals surface area contributed by atoms with Crippen LogP contribution >= 0.6 is 15.9 Å². The number of fused-ring (bicyclic) bond motifs is 1. The maximum Gasteiger partial charge on any atom is 0.146 e. The molecule has 0 amide bonds. The van der Waals surface area contributed by atoms with Gasteiger partial charge in [0.15, 0.2) is 0 Å². The van der Waals surface area contributed by atoms with E-state index in [0.29, 0.717) is 16.6 Å². The molecule has 0 aliphatic carbocycles. The van der Waals surface area contributed by atoms with Gasteiger partial charge in [0.05, 0.1) is 21.1 Å². The van der Waals surface area contributed by atoms with Gasteiger partial charge in [0.2, 0.25) is 0 Å². The molecule has 1 heterocycles. The van der Waals surface area contributed by atoms with Crippen molar-refractivity contribution in [2.75, 3.05) is 0 Å². The lowest BCUT2D eigenvalue weighted by atomic mass is 9.99. The van der Waals surface area contributed by atoms with E-state index in [4.69, 9.17) is 0 Å². The summed E-state index contributed by atoms with van der Waals surface area (Å²) in [4.78, 5) is 8.24. The lowest BCUT2D eigenvalue weighted by molar-refractivity contribution is 0.210. The van der Waals surface area contributed by atoms with Crippen molar-refractivity contribution >= 4 is 27.0 Å². The molecule has 0 saturated carbocycles. The Morgan fingerprint density at radius 1 is 1.05 bits per heavy atom. The summed E-state index contributed by atoms with van der Waals surface area (Å²) in [5.41, 5.74) is 0.843. The number of halogens is 3. The molecule has 6 heteroatoms. The van der Waals surface area contributed by atoms with Crippen LogP contribution in [0.2, 0.25) is 0 Å². The van der Waals surface area contributed by atoms with Crippen LogP contribution in [-0.2, 0) is 0 Å². The summed E-state index contributed by atoms with van der Waals surface area (Å²) >= 11 is 2.99. The molecule has 1 unspecified atom stereocenters. The molecule has 3 aromatic rings. The number of hydrogen-bond donors (Lipinski definition) is 1. The largest absolute Gasteiger partial charge is 0.383 e. The van der Waals surface area contributed by atoms with Gasteiger partial charge in [-0.2, -0.15) is 0 Å². The maximum absolute atomic E-state index is 14.1. The van der Waals surface area contributed by atoms with E-state index in [2.05, 4.69) is 25.9 Å². The molecule has 21 heavy (non-hydrogen) atoms. The molecule has 3 rings (SSSR count). The molecular weight excluding hydrogens is 342 g/mol. The van der Waals surface area contributed by atoms with Gasteiger partial charge in [-0.05, 0) is 34.1 Å². The van der Waals surface area contributed by atoms with Crippen molar-refractivity contribution < 1.29 is 13.9 Å². The summed E-state index contributed by atoms with van der Waals surface area (Å²) in [6, 6.07) is 7.29. The predicted molar refractivity (Wildman–Crippen MR) is 77.7 cm³/mol. The molecule has 0 spiro atoms. The molecule has 1 atom stereocenters. The Morgan fingerprint density at radius 3 is 2.62 bits per heavy atom. The van der Waals surface area contributed by atoms with Gasteiger partial charge < -0.3 is 5.11 Å². The minimum atomic E-state index is -1.47. The van der Waals surface area contributed by atoms with Gasteiger partial charge in [-0.3, -0.25) is 9.97 Å². The van der Waals surface area contributed by atoms with Gasteiger partial charge in [0.1, 0.15) is 17.7 Å². The number of aliphatic hydroxyl groups is 1. The van der Waals surface area contributed by atoms with Crippen LogP contribution in [0.25, 0.3) is 11.0 Å². The second-order valence-corrected chi connectivity index (χ2v) is 5.29. The third-order valence-electron chi connectivity index (χ3n) is 3.18.